The van der Waals surface area contributed by atoms with Gasteiger partial charge in [0.15, 0.2) is 0 Å². The zero-order chi connectivity index (χ0) is 18.0. The van der Waals surface area contributed by atoms with Crippen molar-refractivity contribution >= 4 is 22.5 Å². The zero-order valence-corrected chi connectivity index (χ0v) is 14.6. The molecule has 6 nitrogen and oxygen atoms in total. The fourth-order valence-electron chi connectivity index (χ4n) is 2.77. The molecule has 130 valence electrons. The number of aryl methyl sites for hydroxylation is 1. The minimum Gasteiger partial charge on any atom is -0.497 e. The summed E-state index contributed by atoms with van der Waals surface area (Å²) < 4.78 is 15.7. The van der Waals surface area contributed by atoms with Crippen molar-refractivity contribution in [3.63, 3.8) is 0 Å². The third-order valence-electron chi connectivity index (χ3n) is 4.15. The standard InChI is InChI=1S/C19H20N2O4/c1-11-14-7-5-12(23-2)9-15(14)20-18(11)19(22)21-16-10-13(24-3)6-8-17(16)25-4/h5-10,20H,1-4H3,(H,21,22). The molecule has 0 radical (unpaired) electrons. The highest BCUT2D eigenvalue weighted by atomic mass is 16.5. The third-order valence-corrected chi connectivity index (χ3v) is 4.15. The molecule has 0 unspecified atom stereocenters. The predicted molar refractivity (Wildman–Crippen MR) is 97.1 cm³/mol. The molecule has 0 aliphatic heterocycles. The average molecular weight is 340 g/mol. The molecule has 0 bridgehead atoms. The molecule has 0 atom stereocenters. The largest absolute Gasteiger partial charge is 0.497 e. The van der Waals surface area contributed by atoms with Gasteiger partial charge in [0.25, 0.3) is 5.91 Å². The normalized spacial score (nSPS) is 10.6. The number of benzene rings is 2. The Bertz CT molecular complexity index is 931. The summed E-state index contributed by atoms with van der Waals surface area (Å²) in [5.74, 6) is 1.67. The molecule has 1 heterocycles. The van der Waals surface area contributed by atoms with Gasteiger partial charge in [0.05, 0.1) is 27.0 Å². The van der Waals surface area contributed by atoms with E-state index in [0.29, 0.717) is 22.9 Å². The van der Waals surface area contributed by atoms with Crippen LogP contribution in [0.2, 0.25) is 0 Å². The van der Waals surface area contributed by atoms with Gasteiger partial charge in [0, 0.05) is 23.0 Å². The molecule has 0 saturated carbocycles. The minimum absolute atomic E-state index is 0.251. The number of methoxy groups -OCH3 is 3. The fourth-order valence-corrected chi connectivity index (χ4v) is 2.77. The number of anilines is 1. The van der Waals surface area contributed by atoms with E-state index in [-0.39, 0.29) is 5.91 Å². The van der Waals surface area contributed by atoms with Crippen LogP contribution >= 0.6 is 0 Å². The van der Waals surface area contributed by atoms with E-state index in [1.165, 1.54) is 0 Å². The van der Waals surface area contributed by atoms with Crippen LogP contribution in [-0.2, 0) is 0 Å². The van der Waals surface area contributed by atoms with Gasteiger partial charge in [0.1, 0.15) is 22.9 Å². The van der Waals surface area contributed by atoms with Crippen LogP contribution in [0.25, 0.3) is 10.9 Å². The van der Waals surface area contributed by atoms with Gasteiger partial charge in [-0.15, -0.1) is 0 Å². The fraction of sp³-hybridized carbons (Fsp3) is 0.211. The number of fused-ring (bicyclic) bond motifs is 1. The molecule has 1 aromatic heterocycles. The Labute approximate surface area is 145 Å². The Morgan fingerprint density at radius 1 is 0.960 bits per heavy atom. The van der Waals surface area contributed by atoms with Gasteiger partial charge >= 0.3 is 0 Å². The van der Waals surface area contributed by atoms with Gasteiger partial charge in [-0.2, -0.15) is 0 Å². The van der Waals surface area contributed by atoms with Crippen LogP contribution in [0.1, 0.15) is 16.1 Å². The van der Waals surface area contributed by atoms with Gasteiger partial charge in [-0.1, -0.05) is 0 Å². The van der Waals surface area contributed by atoms with Crippen molar-refractivity contribution in [2.75, 3.05) is 26.6 Å². The van der Waals surface area contributed by atoms with Crippen LogP contribution in [0.5, 0.6) is 17.2 Å². The van der Waals surface area contributed by atoms with Crippen molar-refractivity contribution < 1.29 is 19.0 Å². The highest BCUT2D eigenvalue weighted by Crippen LogP contribution is 2.30. The van der Waals surface area contributed by atoms with E-state index in [1.807, 2.05) is 25.1 Å². The molecule has 25 heavy (non-hydrogen) atoms. The number of rotatable bonds is 5. The van der Waals surface area contributed by atoms with E-state index in [1.54, 1.807) is 39.5 Å². The SMILES string of the molecule is COc1ccc(OC)c(NC(=O)c2[nH]c3cc(OC)ccc3c2C)c1. The zero-order valence-electron chi connectivity index (χ0n) is 14.6. The molecule has 0 aliphatic carbocycles. The van der Waals surface area contributed by atoms with Crippen LogP contribution in [0.4, 0.5) is 5.69 Å². The van der Waals surface area contributed by atoms with Crippen molar-refractivity contribution in [2.24, 2.45) is 0 Å². The quantitative estimate of drug-likeness (QED) is 0.742. The number of amides is 1. The molecule has 3 aromatic rings. The monoisotopic (exact) mass is 340 g/mol. The summed E-state index contributed by atoms with van der Waals surface area (Å²) >= 11 is 0. The van der Waals surface area contributed by atoms with Gasteiger partial charge in [-0.05, 0) is 36.8 Å². The van der Waals surface area contributed by atoms with Gasteiger partial charge < -0.3 is 24.5 Å². The van der Waals surface area contributed by atoms with Crippen LogP contribution in [0.3, 0.4) is 0 Å². The molecule has 0 saturated heterocycles. The number of H-pyrrole nitrogens is 1. The Kier molecular flexibility index (Phi) is 4.52. The van der Waals surface area contributed by atoms with Gasteiger partial charge in [-0.25, -0.2) is 0 Å². The molecule has 6 heteroatoms. The van der Waals surface area contributed by atoms with Gasteiger partial charge in [0.2, 0.25) is 0 Å². The lowest BCUT2D eigenvalue weighted by atomic mass is 10.1. The van der Waals surface area contributed by atoms with E-state index in [2.05, 4.69) is 10.3 Å². The number of aromatic amines is 1. The van der Waals surface area contributed by atoms with Crippen LogP contribution in [-0.4, -0.2) is 32.2 Å². The first-order valence-corrected chi connectivity index (χ1v) is 7.77. The first-order valence-electron chi connectivity index (χ1n) is 7.77. The molecule has 0 spiro atoms. The summed E-state index contributed by atoms with van der Waals surface area (Å²) in [6.45, 7) is 1.91. The summed E-state index contributed by atoms with van der Waals surface area (Å²) in [4.78, 5) is 15.9. The van der Waals surface area contributed by atoms with E-state index in [4.69, 9.17) is 14.2 Å². The number of carbonyl (C=O) groups is 1. The summed E-state index contributed by atoms with van der Waals surface area (Å²) in [5, 5.41) is 3.85. The maximum Gasteiger partial charge on any atom is 0.272 e. The van der Waals surface area contributed by atoms with Crippen molar-refractivity contribution in [3.05, 3.63) is 47.7 Å². The maximum atomic E-state index is 12.8. The van der Waals surface area contributed by atoms with Crippen molar-refractivity contribution in [2.45, 2.75) is 6.92 Å². The second-order valence-corrected chi connectivity index (χ2v) is 5.56. The average Bonchev–Trinajstić information content (AvgIpc) is 2.97. The van der Waals surface area contributed by atoms with Gasteiger partial charge in [-0.3, -0.25) is 4.79 Å². The minimum atomic E-state index is -0.251. The highest BCUT2D eigenvalue weighted by molar-refractivity contribution is 6.08. The number of carbonyl (C=O) groups excluding carboxylic acids is 1. The Balaban J connectivity index is 1.96. The Morgan fingerprint density at radius 3 is 2.32 bits per heavy atom. The van der Waals surface area contributed by atoms with E-state index >= 15 is 0 Å². The molecular formula is C19H20N2O4. The lowest BCUT2D eigenvalue weighted by Crippen LogP contribution is -2.14. The molecule has 0 fully saturated rings. The lowest BCUT2D eigenvalue weighted by Gasteiger charge is -2.11. The molecule has 3 rings (SSSR count). The summed E-state index contributed by atoms with van der Waals surface area (Å²) in [6, 6.07) is 10.9. The molecular weight excluding hydrogens is 320 g/mol. The van der Waals surface area contributed by atoms with Crippen molar-refractivity contribution in [1.29, 1.82) is 0 Å². The van der Waals surface area contributed by atoms with Crippen molar-refractivity contribution in [1.82, 2.24) is 4.98 Å². The number of nitrogens with one attached hydrogen (secondary N) is 2. The van der Waals surface area contributed by atoms with Crippen LogP contribution in [0, 0.1) is 6.92 Å². The van der Waals surface area contributed by atoms with Crippen LogP contribution < -0.4 is 19.5 Å². The number of hydrogen-bond donors (Lipinski definition) is 2. The predicted octanol–water partition coefficient (Wildman–Crippen LogP) is 3.75. The summed E-state index contributed by atoms with van der Waals surface area (Å²) in [5.41, 5.74) is 2.76. The maximum absolute atomic E-state index is 12.8. The first-order chi connectivity index (χ1) is 12.1. The second-order valence-electron chi connectivity index (χ2n) is 5.56. The molecule has 1 amide bonds. The topological polar surface area (TPSA) is 72.6 Å². The van der Waals surface area contributed by atoms with Crippen molar-refractivity contribution in [3.8, 4) is 17.2 Å². The lowest BCUT2D eigenvalue weighted by molar-refractivity contribution is 0.102. The first kappa shape index (κ1) is 16.7. The molecule has 0 aliphatic rings. The molecule has 2 N–H and O–H groups in total. The van der Waals surface area contributed by atoms with E-state index < -0.39 is 0 Å². The number of ether oxygens (including phenoxy) is 3. The summed E-state index contributed by atoms with van der Waals surface area (Å²) in [7, 11) is 4.74. The third kappa shape index (κ3) is 3.10. The van der Waals surface area contributed by atoms with E-state index in [0.717, 1.165) is 22.2 Å². The van der Waals surface area contributed by atoms with E-state index in [9.17, 15) is 4.79 Å². The molecule has 2 aromatic carbocycles. The Morgan fingerprint density at radius 2 is 1.64 bits per heavy atom. The summed E-state index contributed by atoms with van der Waals surface area (Å²) in [6.07, 6.45) is 0. The van der Waals surface area contributed by atoms with Crippen LogP contribution in [0.15, 0.2) is 36.4 Å². The number of aromatic nitrogens is 1. The Hall–Kier alpha value is -3.15. The smallest absolute Gasteiger partial charge is 0.272 e. The second kappa shape index (κ2) is 6.76. The number of hydrogen-bond acceptors (Lipinski definition) is 4. The highest BCUT2D eigenvalue weighted by Gasteiger charge is 2.17.